The molecule has 3 aliphatic rings. The van der Waals surface area contributed by atoms with Crippen LogP contribution in [0.25, 0.3) is 5.57 Å². The van der Waals surface area contributed by atoms with Gasteiger partial charge in [0.25, 0.3) is 0 Å². The number of rotatable bonds is 0. The van der Waals surface area contributed by atoms with Gasteiger partial charge in [-0.15, -0.1) is 0 Å². The molecule has 0 fully saturated rings. The van der Waals surface area contributed by atoms with Gasteiger partial charge in [0.2, 0.25) is 5.12 Å². The van der Waals surface area contributed by atoms with Crippen LogP contribution in [-0.2, 0) is 4.79 Å². The smallest absolute Gasteiger partial charge is 0.201 e. The van der Waals surface area contributed by atoms with Crippen LogP contribution in [0, 0.1) is 22.2 Å². The van der Waals surface area contributed by atoms with Gasteiger partial charge in [-0.2, -0.15) is 0 Å². The maximum atomic E-state index is 13.0. The van der Waals surface area contributed by atoms with Gasteiger partial charge < -0.3 is 0 Å². The molecule has 1 aromatic rings. The Kier molecular flexibility index (Phi) is 2.79. The first-order valence-corrected chi connectivity index (χ1v) is 9.40. The minimum atomic E-state index is -0.0313. The van der Waals surface area contributed by atoms with Crippen molar-refractivity contribution in [2.75, 3.05) is 0 Å². The highest BCUT2D eigenvalue weighted by molar-refractivity contribution is 8.13. The van der Waals surface area contributed by atoms with Crippen molar-refractivity contribution < 1.29 is 4.79 Å². The Morgan fingerprint density at radius 1 is 1.09 bits per heavy atom. The second-order valence-electron chi connectivity index (χ2n) is 9.55. The third-order valence-corrected chi connectivity index (χ3v) is 7.82. The number of carbonyl (C=O) groups excluding carboxylic acids is 1. The number of allylic oxidation sites excluding steroid dienone is 2. The highest BCUT2D eigenvalue weighted by Crippen LogP contribution is 2.72. The number of hydrogen-bond donors (Lipinski definition) is 0. The molecule has 0 spiro atoms. The quantitative estimate of drug-likeness (QED) is 0.590. The summed E-state index contributed by atoms with van der Waals surface area (Å²) in [6, 6.07) is 6.56. The molecule has 2 heteroatoms. The van der Waals surface area contributed by atoms with Gasteiger partial charge >= 0.3 is 0 Å². The van der Waals surface area contributed by atoms with Crippen LogP contribution in [0.15, 0.2) is 28.7 Å². The molecular formula is C21H26OS. The topological polar surface area (TPSA) is 17.1 Å². The number of benzene rings is 1. The van der Waals surface area contributed by atoms with E-state index < -0.39 is 0 Å². The fourth-order valence-electron chi connectivity index (χ4n) is 5.15. The highest BCUT2D eigenvalue weighted by atomic mass is 32.2. The zero-order valence-electron chi connectivity index (χ0n) is 15.2. The summed E-state index contributed by atoms with van der Waals surface area (Å²) in [6.45, 7) is 16.3. The molecule has 1 heterocycles. The summed E-state index contributed by atoms with van der Waals surface area (Å²) >= 11 is 1.47. The van der Waals surface area contributed by atoms with Crippen LogP contribution < -0.4 is 0 Å². The van der Waals surface area contributed by atoms with Gasteiger partial charge in [-0.25, -0.2) is 0 Å². The summed E-state index contributed by atoms with van der Waals surface area (Å²) in [5.41, 5.74) is 5.93. The summed E-state index contributed by atoms with van der Waals surface area (Å²) in [4.78, 5) is 14.2. The van der Waals surface area contributed by atoms with E-state index in [1.54, 1.807) is 0 Å². The Morgan fingerprint density at radius 3 is 2.35 bits per heavy atom. The summed E-state index contributed by atoms with van der Waals surface area (Å²) < 4.78 is 0. The first-order chi connectivity index (χ1) is 10.5. The van der Waals surface area contributed by atoms with Crippen LogP contribution in [0.4, 0.5) is 0 Å². The van der Waals surface area contributed by atoms with E-state index in [2.05, 4.69) is 66.7 Å². The predicted octanol–water partition coefficient (Wildman–Crippen LogP) is 5.90. The van der Waals surface area contributed by atoms with Crippen LogP contribution >= 0.6 is 11.8 Å². The molecule has 0 amide bonds. The molecule has 0 bridgehead atoms. The molecule has 0 saturated heterocycles. The van der Waals surface area contributed by atoms with Gasteiger partial charge in [0.05, 0.1) is 5.92 Å². The van der Waals surface area contributed by atoms with E-state index in [4.69, 9.17) is 0 Å². The summed E-state index contributed by atoms with van der Waals surface area (Å²) in [7, 11) is 0. The fourth-order valence-corrected chi connectivity index (χ4v) is 6.38. The van der Waals surface area contributed by atoms with Gasteiger partial charge in [-0.1, -0.05) is 77.9 Å². The van der Waals surface area contributed by atoms with Gasteiger partial charge in [0.1, 0.15) is 0 Å². The van der Waals surface area contributed by atoms with Gasteiger partial charge in [0, 0.05) is 10.8 Å². The molecule has 2 atom stereocenters. The first kappa shape index (κ1) is 15.5. The Hall–Kier alpha value is -1.02. The Labute approximate surface area is 143 Å². The minimum absolute atomic E-state index is 0.0296. The molecule has 1 aliphatic heterocycles. The Morgan fingerprint density at radius 2 is 1.74 bits per heavy atom. The molecule has 0 aromatic heterocycles. The molecule has 1 aromatic carbocycles. The van der Waals surface area contributed by atoms with E-state index in [1.165, 1.54) is 38.9 Å². The second-order valence-corrected chi connectivity index (χ2v) is 10.6. The Balaban J connectivity index is 2.12. The first-order valence-electron chi connectivity index (χ1n) is 8.59. The van der Waals surface area contributed by atoms with Crippen molar-refractivity contribution >= 4 is 22.5 Å². The number of thioether (sulfide) groups is 1. The predicted molar refractivity (Wildman–Crippen MR) is 97.5 cm³/mol. The molecule has 4 rings (SSSR count). The van der Waals surface area contributed by atoms with Crippen LogP contribution in [0.2, 0.25) is 0 Å². The molecule has 0 N–H and O–H groups in total. The van der Waals surface area contributed by atoms with E-state index in [-0.39, 0.29) is 22.2 Å². The summed E-state index contributed by atoms with van der Waals surface area (Å²) in [5, 5.41) is 0.340. The van der Waals surface area contributed by atoms with E-state index >= 15 is 0 Å². The van der Waals surface area contributed by atoms with E-state index in [1.807, 2.05) is 0 Å². The minimum Gasteiger partial charge on any atom is -0.286 e. The molecule has 122 valence electrons. The molecule has 1 nitrogen and oxygen atoms in total. The van der Waals surface area contributed by atoms with Gasteiger partial charge in [-0.3, -0.25) is 4.79 Å². The molecular weight excluding hydrogens is 300 g/mol. The van der Waals surface area contributed by atoms with Crippen molar-refractivity contribution in [1.82, 2.24) is 0 Å². The van der Waals surface area contributed by atoms with Gasteiger partial charge in [0.15, 0.2) is 0 Å². The second kappa shape index (κ2) is 4.14. The lowest BCUT2D eigenvalue weighted by Gasteiger charge is -2.46. The lowest BCUT2D eigenvalue weighted by molar-refractivity contribution is -0.116. The van der Waals surface area contributed by atoms with Crippen molar-refractivity contribution in [1.29, 1.82) is 0 Å². The normalized spacial score (nSPS) is 30.0. The molecule has 23 heavy (non-hydrogen) atoms. The monoisotopic (exact) mass is 326 g/mol. The third-order valence-electron chi connectivity index (χ3n) is 6.82. The molecule has 0 unspecified atom stereocenters. The SMILES string of the molecule is CC(C)(C)[C@@H]1C2=C3c4c(cccc41)SC(=O)[C@H]3C(C)(C)C2(C)C. The summed E-state index contributed by atoms with van der Waals surface area (Å²) in [6.07, 6.45) is 0. The van der Waals surface area contributed by atoms with Crippen LogP contribution in [0.5, 0.6) is 0 Å². The van der Waals surface area contributed by atoms with Crippen molar-refractivity contribution in [3.8, 4) is 0 Å². The number of carbonyl (C=O) groups is 1. The van der Waals surface area contributed by atoms with Crippen molar-refractivity contribution in [3.05, 3.63) is 34.9 Å². The van der Waals surface area contributed by atoms with Crippen LogP contribution in [-0.4, -0.2) is 5.12 Å². The summed E-state index contributed by atoms with van der Waals surface area (Å²) in [5.74, 6) is 0.455. The fraction of sp³-hybridized carbons (Fsp3) is 0.571. The largest absolute Gasteiger partial charge is 0.286 e. The average molecular weight is 327 g/mol. The zero-order chi connectivity index (χ0) is 16.9. The lowest BCUT2D eigenvalue weighted by atomic mass is 9.58. The van der Waals surface area contributed by atoms with Crippen LogP contribution in [0.1, 0.15) is 65.5 Å². The maximum Gasteiger partial charge on any atom is 0.201 e. The molecule has 0 saturated carbocycles. The molecule has 0 radical (unpaired) electrons. The van der Waals surface area contributed by atoms with Crippen LogP contribution in [0.3, 0.4) is 0 Å². The van der Waals surface area contributed by atoms with E-state index in [0.29, 0.717) is 11.0 Å². The molecule has 2 aliphatic carbocycles. The van der Waals surface area contributed by atoms with Gasteiger partial charge in [-0.05, 0) is 39.0 Å². The van der Waals surface area contributed by atoms with E-state index in [9.17, 15) is 4.79 Å². The van der Waals surface area contributed by atoms with E-state index in [0.717, 1.165) is 0 Å². The van der Waals surface area contributed by atoms with Crippen molar-refractivity contribution in [2.24, 2.45) is 22.2 Å². The van der Waals surface area contributed by atoms with Crippen molar-refractivity contribution in [2.45, 2.75) is 59.3 Å². The Bertz CT molecular complexity index is 774. The standard InChI is InChI=1S/C21H26OS/c1-19(2,3)15-11-9-8-10-12-13(11)14-16(15)20(4,5)21(6,7)17(14)18(22)23-12/h8-10,15,17H,1-7H3/t15-,17-/m0/s1. The van der Waals surface area contributed by atoms with Crippen molar-refractivity contribution in [3.63, 3.8) is 0 Å². The highest BCUT2D eigenvalue weighted by Gasteiger charge is 2.63. The third kappa shape index (κ3) is 1.64. The maximum absolute atomic E-state index is 13.0. The average Bonchev–Trinajstić information content (AvgIpc) is 2.81. The lowest BCUT2D eigenvalue weighted by Crippen LogP contribution is -2.40. The zero-order valence-corrected chi connectivity index (χ0v) is 16.0. The number of hydrogen-bond acceptors (Lipinski definition) is 2.